The van der Waals surface area contributed by atoms with Crippen LogP contribution < -0.4 is 16.2 Å². The van der Waals surface area contributed by atoms with Crippen LogP contribution in [0.1, 0.15) is 35.2 Å². The minimum atomic E-state index is -5.10. The van der Waals surface area contributed by atoms with E-state index in [-0.39, 0.29) is 11.5 Å². The summed E-state index contributed by atoms with van der Waals surface area (Å²) >= 11 is 6.30. The highest BCUT2D eigenvalue weighted by atomic mass is 35.5. The minimum absolute atomic E-state index is 0.117. The van der Waals surface area contributed by atoms with E-state index in [0.29, 0.717) is 5.02 Å². The van der Waals surface area contributed by atoms with Crippen molar-refractivity contribution >= 4 is 29.4 Å². The van der Waals surface area contributed by atoms with Crippen LogP contribution in [0.25, 0.3) is 0 Å². The lowest BCUT2D eigenvalue weighted by Gasteiger charge is -2.43. The third-order valence-electron chi connectivity index (χ3n) is 4.41. The van der Waals surface area contributed by atoms with E-state index in [9.17, 15) is 22.8 Å². The van der Waals surface area contributed by atoms with Crippen molar-refractivity contribution in [2.45, 2.75) is 31.0 Å². The molecule has 1 aromatic carbocycles. The molecule has 28 heavy (non-hydrogen) atoms. The van der Waals surface area contributed by atoms with Crippen LogP contribution in [0, 0.1) is 0 Å². The topological polar surface area (TPSA) is 96.0 Å². The molecule has 3 N–H and O–H groups in total. The fraction of sp³-hybridized carbons (Fsp3) is 0.294. The number of nitrogens with one attached hydrogen (secondary N) is 3. The summed E-state index contributed by atoms with van der Waals surface area (Å²) in [6.07, 6.45) is -0.171. The van der Waals surface area contributed by atoms with Crippen molar-refractivity contribution in [3.05, 3.63) is 52.8 Å². The molecule has 1 aliphatic rings. The van der Waals surface area contributed by atoms with Crippen LogP contribution in [0.2, 0.25) is 5.02 Å². The molecule has 1 fully saturated rings. The normalized spacial score (nSPS) is 15.3. The van der Waals surface area contributed by atoms with Gasteiger partial charge in [0.05, 0.1) is 11.1 Å². The van der Waals surface area contributed by atoms with Crippen LogP contribution in [0.5, 0.6) is 0 Å². The molecule has 0 spiro atoms. The van der Waals surface area contributed by atoms with Crippen LogP contribution in [-0.4, -0.2) is 28.0 Å². The molecule has 0 bridgehead atoms. The number of alkyl halides is 3. The van der Waals surface area contributed by atoms with Gasteiger partial charge in [-0.05, 0) is 30.9 Å². The predicted molar refractivity (Wildman–Crippen MR) is 94.3 cm³/mol. The Morgan fingerprint density at radius 1 is 1.07 bits per heavy atom. The van der Waals surface area contributed by atoms with Crippen LogP contribution in [0.3, 0.4) is 0 Å². The standard InChI is InChI=1S/C17H15ClF3N5O2/c18-12-5-2-1-4-11(12)16(6-3-7-16)24-15-22-8-10(9-23-15)13(27)25-26-14(28)17(19,20)21/h1-2,4-5,8-9H,3,6-7H2,(H,25,27)(H,26,28)(H,22,23,24). The summed E-state index contributed by atoms with van der Waals surface area (Å²) in [5.41, 5.74) is 3.31. The molecule has 1 aliphatic carbocycles. The Morgan fingerprint density at radius 3 is 2.25 bits per heavy atom. The van der Waals surface area contributed by atoms with Gasteiger partial charge in [-0.1, -0.05) is 29.8 Å². The summed E-state index contributed by atoms with van der Waals surface area (Å²) in [5.74, 6) is -3.02. The van der Waals surface area contributed by atoms with Gasteiger partial charge in [-0.3, -0.25) is 20.4 Å². The van der Waals surface area contributed by atoms with Gasteiger partial charge in [-0.2, -0.15) is 13.2 Å². The van der Waals surface area contributed by atoms with E-state index in [1.54, 1.807) is 11.5 Å². The largest absolute Gasteiger partial charge is 0.472 e. The number of hydrazine groups is 1. The second kappa shape index (κ2) is 7.63. The van der Waals surface area contributed by atoms with Crippen molar-refractivity contribution in [2.75, 3.05) is 5.32 Å². The average molecular weight is 414 g/mol. The molecule has 7 nitrogen and oxygen atoms in total. The summed E-state index contributed by atoms with van der Waals surface area (Å²) in [4.78, 5) is 30.6. The average Bonchev–Trinajstić information content (AvgIpc) is 2.63. The lowest BCUT2D eigenvalue weighted by Crippen LogP contribution is -2.47. The number of aromatic nitrogens is 2. The van der Waals surface area contributed by atoms with E-state index in [1.807, 2.05) is 18.2 Å². The van der Waals surface area contributed by atoms with Crippen molar-refractivity contribution in [3.8, 4) is 0 Å². The van der Waals surface area contributed by atoms with Crippen molar-refractivity contribution in [1.29, 1.82) is 0 Å². The minimum Gasteiger partial charge on any atom is -0.345 e. The highest BCUT2D eigenvalue weighted by Crippen LogP contribution is 2.45. The number of anilines is 1. The Hall–Kier alpha value is -2.88. The Kier molecular flexibility index (Phi) is 5.41. The molecule has 1 saturated carbocycles. The van der Waals surface area contributed by atoms with Gasteiger partial charge in [0.15, 0.2) is 0 Å². The zero-order chi connectivity index (χ0) is 20.4. The highest BCUT2D eigenvalue weighted by Gasteiger charge is 2.41. The van der Waals surface area contributed by atoms with Crippen molar-refractivity contribution in [3.63, 3.8) is 0 Å². The smallest absolute Gasteiger partial charge is 0.345 e. The van der Waals surface area contributed by atoms with Gasteiger partial charge in [0, 0.05) is 17.4 Å². The van der Waals surface area contributed by atoms with Crippen LogP contribution in [0.4, 0.5) is 19.1 Å². The molecule has 11 heteroatoms. The van der Waals surface area contributed by atoms with Crippen molar-refractivity contribution in [2.24, 2.45) is 0 Å². The Bertz CT molecular complexity index is 885. The number of amides is 2. The highest BCUT2D eigenvalue weighted by molar-refractivity contribution is 6.31. The van der Waals surface area contributed by atoms with Crippen molar-refractivity contribution in [1.82, 2.24) is 20.8 Å². The summed E-state index contributed by atoms with van der Waals surface area (Å²) < 4.78 is 36.3. The van der Waals surface area contributed by atoms with E-state index < -0.39 is 23.5 Å². The first-order valence-corrected chi connectivity index (χ1v) is 8.62. The summed E-state index contributed by atoms with van der Waals surface area (Å²) in [7, 11) is 0. The molecule has 0 atom stereocenters. The molecule has 0 saturated heterocycles. The van der Waals surface area contributed by atoms with Gasteiger partial charge in [-0.15, -0.1) is 0 Å². The molecule has 0 aliphatic heterocycles. The van der Waals surface area contributed by atoms with E-state index in [1.165, 1.54) is 5.43 Å². The van der Waals surface area contributed by atoms with Gasteiger partial charge in [0.25, 0.3) is 5.91 Å². The van der Waals surface area contributed by atoms with Gasteiger partial charge in [0.2, 0.25) is 5.95 Å². The molecule has 1 heterocycles. The van der Waals surface area contributed by atoms with Gasteiger partial charge in [-0.25, -0.2) is 9.97 Å². The van der Waals surface area contributed by atoms with Gasteiger partial charge >= 0.3 is 12.1 Å². The quantitative estimate of drug-likeness (QED) is 0.670. The van der Waals surface area contributed by atoms with Crippen LogP contribution >= 0.6 is 11.6 Å². The maximum Gasteiger partial charge on any atom is 0.472 e. The number of halogens is 4. The van der Waals surface area contributed by atoms with Gasteiger partial charge in [0.1, 0.15) is 0 Å². The lowest BCUT2D eigenvalue weighted by atomic mass is 9.72. The number of carbonyl (C=O) groups excluding carboxylic acids is 2. The van der Waals surface area contributed by atoms with Crippen LogP contribution in [0.15, 0.2) is 36.7 Å². The fourth-order valence-electron chi connectivity index (χ4n) is 2.82. The third-order valence-corrected chi connectivity index (χ3v) is 4.74. The lowest BCUT2D eigenvalue weighted by molar-refractivity contribution is -0.174. The molecular weight excluding hydrogens is 399 g/mol. The Morgan fingerprint density at radius 2 is 1.71 bits per heavy atom. The molecule has 0 unspecified atom stereocenters. The molecule has 1 aromatic heterocycles. The third kappa shape index (κ3) is 4.16. The fourth-order valence-corrected chi connectivity index (χ4v) is 3.14. The second-order valence-corrected chi connectivity index (χ2v) is 6.65. The Balaban J connectivity index is 1.67. The number of benzene rings is 1. The van der Waals surface area contributed by atoms with Gasteiger partial charge < -0.3 is 5.32 Å². The van der Waals surface area contributed by atoms with E-state index in [4.69, 9.17) is 11.6 Å². The molecule has 2 amide bonds. The number of rotatable bonds is 4. The first-order chi connectivity index (χ1) is 13.2. The maximum atomic E-state index is 12.1. The number of hydrogen-bond donors (Lipinski definition) is 3. The zero-order valence-electron chi connectivity index (χ0n) is 14.3. The first kappa shape index (κ1) is 19.9. The van der Waals surface area contributed by atoms with E-state index in [0.717, 1.165) is 37.2 Å². The molecule has 0 radical (unpaired) electrons. The van der Waals surface area contributed by atoms with E-state index in [2.05, 4.69) is 15.3 Å². The van der Waals surface area contributed by atoms with Crippen LogP contribution in [-0.2, 0) is 10.3 Å². The monoisotopic (exact) mass is 413 g/mol. The Labute approximate surface area is 162 Å². The number of carbonyl (C=O) groups is 2. The molecular formula is C17H15ClF3N5O2. The molecule has 148 valence electrons. The summed E-state index contributed by atoms with van der Waals surface area (Å²) in [5, 5.41) is 3.85. The zero-order valence-corrected chi connectivity index (χ0v) is 15.1. The van der Waals surface area contributed by atoms with Crippen molar-refractivity contribution < 1.29 is 22.8 Å². The predicted octanol–water partition coefficient (Wildman–Crippen LogP) is 2.94. The maximum absolute atomic E-state index is 12.1. The summed E-state index contributed by atoms with van der Waals surface area (Å²) in [6.45, 7) is 0. The number of hydrogen-bond acceptors (Lipinski definition) is 5. The summed E-state index contributed by atoms with van der Waals surface area (Å²) in [6, 6.07) is 7.42. The molecule has 3 rings (SSSR count). The number of nitrogens with zero attached hydrogens (tertiary/aromatic N) is 2. The van der Waals surface area contributed by atoms with E-state index >= 15 is 0 Å². The second-order valence-electron chi connectivity index (χ2n) is 6.24. The SMILES string of the molecule is O=C(NNC(=O)C(F)(F)F)c1cnc(NC2(c3ccccc3Cl)CCC2)nc1. The molecule has 2 aromatic rings. The first-order valence-electron chi connectivity index (χ1n) is 8.24.